The monoisotopic (exact) mass is 419 g/mol. The lowest BCUT2D eigenvalue weighted by Crippen LogP contribution is -2.41. The number of carbonyl (C=O) groups is 1. The zero-order valence-electron chi connectivity index (χ0n) is 18.9. The van der Waals surface area contributed by atoms with Crippen LogP contribution in [0.5, 0.6) is 0 Å². The van der Waals surface area contributed by atoms with E-state index >= 15 is 0 Å². The molecule has 0 saturated carbocycles. The minimum atomic E-state index is -0.275. The molecule has 2 aromatic carbocycles. The maximum Gasteiger partial charge on any atom is 0.317 e. The van der Waals surface area contributed by atoms with Crippen LogP contribution in [0.25, 0.3) is 0 Å². The first-order chi connectivity index (χ1) is 14.8. The summed E-state index contributed by atoms with van der Waals surface area (Å²) in [5.41, 5.74) is 4.41. The number of benzene rings is 2. The quantitative estimate of drug-likeness (QED) is 0.739. The number of amides is 2. The number of hydrogen-bond acceptors (Lipinski definition) is 3. The molecule has 1 saturated heterocycles. The van der Waals surface area contributed by atoms with Crippen LogP contribution in [-0.2, 0) is 16.8 Å². The Kier molecular flexibility index (Phi) is 6.03. The van der Waals surface area contributed by atoms with Gasteiger partial charge in [0.25, 0.3) is 0 Å². The zero-order valence-corrected chi connectivity index (χ0v) is 18.9. The van der Waals surface area contributed by atoms with Crippen molar-refractivity contribution in [2.75, 3.05) is 13.1 Å². The van der Waals surface area contributed by atoms with Crippen molar-refractivity contribution >= 4 is 11.7 Å². The van der Waals surface area contributed by atoms with Crippen LogP contribution in [-0.4, -0.2) is 35.3 Å². The molecule has 1 atom stereocenters. The van der Waals surface area contributed by atoms with Gasteiger partial charge in [-0.1, -0.05) is 80.5 Å². The van der Waals surface area contributed by atoms with Gasteiger partial charge in [-0.3, -0.25) is 0 Å². The van der Waals surface area contributed by atoms with Gasteiger partial charge in [-0.15, -0.1) is 0 Å². The van der Waals surface area contributed by atoms with E-state index in [1.807, 2.05) is 23.1 Å². The first kappa shape index (κ1) is 21.4. The van der Waals surface area contributed by atoms with E-state index in [1.165, 1.54) is 5.56 Å². The maximum atomic E-state index is 12.8. The van der Waals surface area contributed by atoms with Crippen LogP contribution in [0.2, 0.25) is 0 Å². The zero-order chi connectivity index (χ0) is 21.9. The van der Waals surface area contributed by atoms with Crippen molar-refractivity contribution in [2.45, 2.75) is 64.0 Å². The van der Waals surface area contributed by atoms with E-state index in [1.54, 1.807) is 0 Å². The highest BCUT2D eigenvalue weighted by molar-refractivity contribution is 6.01. The molecule has 1 unspecified atom stereocenters. The molecule has 2 amide bonds. The summed E-state index contributed by atoms with van der Waals surface area (Å²) in [4.78, 5) is 20.7. The summed E-state index contributed by atoms with van der Waals surface area (Å²) in [5, 5.41) is 7.48. The van der Waals surface area contributed by atoms with E-state index in [9.17, 15) is 4.79 Å². The van der Waals surface area contributed by atoms with E-state index in [4.69, 9.17) is 4.84 Å². The fraction of sp³-hybridized carbons (Fsp3) is 0.462. The molecule has 1 spiro atoms. The van der Waals surface area contributed by atoms with Crippen LogP contribution >= 0.6 is 0 Å². The predicted octanol–water partition coefficient (Wildman–Crippen LogP) is 5.24. The lowest BCUT2D eigenvalue weighted by molar-refractivity contribution is -0.0286. The van der Waals surface area contributed by atoms with E-state index in [2.05, 4.69) is 67.6 Å². The third-order valence-corrected chi connectivity index (χ3v) is 6.39. The van der Waals surface area contributed by atoms with Crippen LogP contribution in [0, 0.1) is 0 Å². The van der Waals surface area contributed by atoms with Crippen molar-refractivity contribution in [2.24, 2.45) is 5.16 Å². The number of rotatable bonds is 3. The van der Waals surface area contributed by atoms with Crippen molar-refractivity contribution in [3.8, 4) is 0 Å². The average Bonchev–Trinajstić information content (AvgIpc) is 3.07. The second-order valence-corrected chi connectivity index (χ2v) is 9.80. The Morgan fingerprint density at radius 2 is 1.81 bits per heavy atom. The molecule has 5 nitrogen and oxygen atoms in total. The number of hydrogen-bond donors (Lipinski definition) is 1. The van der Waals surface area contributed by atoms with Gasteiger partial charge in [0, 0.05) is 32.5 Å². The lowest BCUT2D eigenvalue weighted by atomic mass is 9.87. The van der Waals surface area contributed by atoms with Crippen LogP contribution in [0.3, 0.4) is 0 Å². The minimum absolute atomic E-state index is 0.000791. The molecule has 2 heterocycles. The van der Waals surface area contributed by atoms with Crippen molar-refractivity contribution in [3.63, 3.8) is 0 Å². The Morgan fingerprint density at radius 3 is 2.52 bits per heavy atom. The Bertz CT molecular complexity index is 931. The molecule has 0 radical (unpaired) electrons. The second-order valence-electron chi connectivity index (χ2n) is 9.80. The summed E-state index contributed by atoms with van der Waals surface area (Å²) in [6.45, 7) is 8.60. The van der Waals surface area contributed by atoms with Gasteiger partial charge < -0.3 is 15.1 Å². The highest BCUT2D eigenvalue weighted by Gasteiger charge is 2.41. The maximum absolute atomic E-state index is 12.8. The fourth-order valence-electron chi connectivity index (χ4n) is 4.36. The summed E-state index contributed by atoms with van der Waals surface area (Å²) >= 11 is 0. The van der Waals surface area contributed by atoms with Crippen molar-refractivity contribution in [1.29, 1.82) is 0 Å². The third-order valence-electron chi connectivity index (χ3n) is 6.39. The van der Waals surface area contributed by atoms with E-state index in [0.717, 1.165) is 49.1 Å². The largest absolute Gasteiger partial charge is 0.388 e. The van der Waals surface area contributed by atoms with Crippen LogP contribution in [0.4, 0.5) is 4.79 Å². The summed E-state index contributed by atoms with van der Waals surface area (Å²) in [7, 11) is 0. The Morgan fingerprint density at radius 1 is 1.06 bits per heavy atom. The standard InChI is InChI=1S/C26H33N3O2/c1-25(2,3)22-12-10-20(11-13-22)19-27-24(30)29-16-7-14-26(15-17-29)18-23(28-31-26)21-8-5-4-6-9-21/h4-6,8-13H,7,14-19H2,1-3H3,(H,27,30). The van der Waals surface area contributed by atoms with Gasteiger partial charge in [0.05, 0.1) is 5.71 Å². The van der Waals surface area contributed by atoms with Crippen molar-refractivity contribution in [3.05, 3.63) is 71.3 Å². The molecule has 2 aliphatic rings. The molecular formula is C26H33N3O2. The average molecular weight is 420 g/mol. The van der Waals surface area contributed by atoms with Crippen LogP contribution < -0.4 is 5.32 Å². The molecule has 0 aromatic heterocycles. The number of carbonyl (C=O) groups excluding carboxylic acids is 1. The van der Waals surface area contributed by atoms with E-state index in [0.29, 0.717) is 13.1 Å². The SMILES string of the molecule is CC(C)(C)c1ccc(CNC(=O)N2CCCC3(CC2)CC(c2ccccc2)=NO3)cc1. The fourth-order valence-corrected chi connectivity index (χ4v) is 4.36. The van der Waals surface area contributed by atoms with Gasteiger partial charge in [0.2, 0.25) is 0 Å². The molecule has 1 N–H and O–H groups in total. The van der Waals surface area contributed by atoms with Gasteiger partial charge >= 0.3 is 6.03 Å². The van der Waals surface area contributed by atoms with Crippen molar-refractivity contribution < 1.29 is 9.63 Å². The van der Waals surface area contributed by atoms with Gasteiger partial charge in [0.15, 0.2) is 0 Å². The van der Waals surface area contributed by atoms with Gasteiger partial charge in [0.1, 0.15) is 5.60 Å². The number of nitrogens with one attached hydrogen (secondary N) is 1. The Labute approximate surface area is 185 Å². The minimum Gasteiger partial charge on any atom is -0.388 e. The molecule has 1 fully saturated rings. The molecule has 2 aromatic rings. The van der Waals surface area contributed by atoms with Gasteiger partial charge in [-0.2, -0.15) is 0 Å². The topological polar surface area (TPSA) is 53.9 Å². The number of likely N-dealkylation sites (tertiary alicyclic amines) is 1. The van der Waals surface area contributed by atoms with Crippen LogP contribution in [0.1, 0.15) is 63.1 Å². The molecule has 0 bridgehead atoms. The van der Waals surface area contributed by atoms with Crippen molar-refractivity contribution in [1.82, 2.24) is 10.2 Å². The predicted molar refractivity (Wildman–Crippen MR) is 124 cm³/mol. The molecule has 5 heteroatoms. The number of nitrogens with zero attached hydrogens (tertiary/aromatic N) is 2. The normalized spacial score (nSPS) is 21.4. The van der Waals surface area contributed by atoms with Gasteiger partial charge in [-0.25, -0.2) is 4.79 Å². The van der Waals surface area contributed by atoms with E-state index in [-0.39, 0.29) is 17.0 Å². The number of oxime groups is 1. The summed E-state index contributed by atoms with van der Waals surface area (Å²) in [5.74, 6) is 0. The Hall–Kier alpha value is -2.82. The first-order valence-corrected chi connectivity index (χ1v) is 11.3. The van der Waals surface area contributed by atoms with E-state index < -0.39 is 0 Å². The smallest absolute Gasteiger partial charge is 0.317 e. The molecule has 164 valence electrons. The molecule has 31 heavy (non-hydrogen) atoms. The lowest BCUT2D eigenvalue weighted by Gasteiger charge is -2.25. The summed E-state index contributed by atoms with van der Waals surface area (Å²) in [6.07, 6.45) is 3.46. The molecule has 0 aliphatic carbocycles. The second kappa shape index (κ2) is 8.74. The van der Waals surface area contributed by atoms with Gasteiger partial charge in [-0.05, 0) is 34.9 Å². The molecule has 4 rings (SSSR count). The highest BCUT2D eigenvalue weighted by Crippen LogP contribution is 2.36. The first-order valence-electron chi connectivity index (χ1n) is 11.3. The van der Waals surface area contributed by atoms with Crippen LogP contribution in [0.15, 0.2) is 59.8 Å². The molecular weight excluding hydrogens is 386 g/mol. The third kappa shape index (κ3) is 5.09. The summed E-state index contributed by atoms with van der Waals surface area (Å²) in [6, 6.07) is 18.7. The highest BCUT2D eigenvalue weighted by atomic mass is 16.7. The Balaban J connectivity index is 1.29. The molecule has 2 aliphatic heterocycles. The summed E-state index contributed by atoms with van der Waals surface area (Å²) < 4.78 is 0. The number of urea groups is 1.